The number of aryl methyl sites for hydroxylation is 1. The van der Waals surface area contributed by atoms with Crippen molar-refractivity contribution in [2.45, 2.75) is 62.6 Å². The molecule has 0 spiro atoms. The molecular weight excluding hydrogens is 625 g/mol. The van der Waals surface area contributed by atoms with Crippen molar-refractivity contribution >= 4 is 39.1 Å². The number of rotatable bonds is 12. The number of carbonyl (C=O) groups excluding carboxylic acids is 2. The van der Waals surface area contributed by atoms with Gasteiger partial charge in [0.25, 0.3) is 10.0 Å². The largest absolute Gasteiger partial charge is 0.352 e. The normalized spacial score (nSPS) is 14.1. The topological polar surface area (TPSA) is 86.8 Å². The molecule has 5 rings (SSSR count). The van der Waals surface area contributed by atoms with Gasteiger partial charge in [0.15, 0.2) is 0 Å². The zero-order valence-corrected chi connectivity index (χ0v) is 27.2. The van der Waals surface area contributed by atoms with Crippen molar-refractivity contribution < 1.29 is 22.4 Å². The highest BCUT2D eigenvalue weighted by Gasteiger charge is 2.35. The molecule has 0 aliphatic heterocycles. The Morgan fingerprint density at radius 3 is 2.20 bits per heavy atom. The number of amides is 2. The van der Waals surface area contributed by atoms with E-state index >= 15 is 0 Å². The van der Waals surface area contributed by atoms with E-state index in [9.17, 15) is 22.4 Å². The third-order valence-corrected chi connectivity index (χ3v) is 10.3. The van der Waals surface area contributed by atoms with Crippen LogP contribution in [0.1, 0.15) is 42.4 Å². The summed E-state index contributed by atoms with van der Waals surface area (Å²) in [5, 5.41) is 2.88. The molecule has 2 amide bonds. The second kappa shape index (κ2) is 14.9. The van der Waals surface area contributed by atoms with Crippen molar-refractivity contribution in [2.24, 2.45) is 0 Å². The van der Waals surface area contributed by atoms with Gasteiger partial charge in [0.2, 0.25) is 11.8 Å². The Morgan fingerprint density at radius 2 is 1.54 bits per heavy atom. The Bertz CT molecular complexity index is 1770. The minimum Gasteiger partial charge on any atom is -0.352 e. The van der Waals surface area contributed by atoms with Crippen LogP contribution < -0.4 is 9.62 Å². The number of hydrogen-bond acceptors (Lipinski definition) is 4. The van der Waals surface area contributed by atoms with Crippen molar-refractivity contribution in [1.29, 1.82) is 0 Å². The number of sulfonamides is 1. The van der Waals surface area contributed by atoms with Gasteiger partial charge in [-0.3, -0.25) is 13.9 Å². The fourth-order valence-corrected chi connectivity index (χ4v) is 7.42. The molecule has 1 fully saturated rings. The molecule has 0 unspecified atom stereocenters. The standard InChI is InChI=1S/C36H37ClFN3O4S/c1-26-11-10-14-28(21-26)24-40(34(22-27-12-4-2-5-13-27)36(43)39-29-15-8-9-16-29)35(42)25-41(30-19-20-33(38)32(37)23-30)46(44,45)31-17-6-3-7-18-31/h2-7,10-14,17-21,23,29,34H,8-9,15-16,22,24-25H2,1H3,(H,39,43)/t34-/m0/s1. The van der Waals surface area contributed by atoms with Crippen LogP contribution in [-0.4, -0.2) is 43.8 Å². The fraction of sp³-hybridized carbons (Fsp3) is 0.278. The molecule has 240 valence electrons. The van der Waals surface area contributed by atoms with Gasteiger partial charge in [-0.05, 0) is 61.2 Å². The molecule has 0 aromatic heterocycles. The van der Waals surface area contributed by atoms with Crippen LogP contribution in [0.2, 0.25) is 5.02 Å². The molecule has 1 atom stereocenters. The van der Waals surface area contributed by atoms with E-state index in [-0.39, 0.29) is 40.5 Å². The Hall–Kier alpha value is -4.21. The lowest BCUT2D eigenvalue weighted by Crippen LogP contribution is -2.54. The van der Waals surface area contributed by atoms with Crippen LogP contribution in [0.3, 0.4) is 0 Å². The highest BCUT2D eigenvalue weighted by molar-refractivity contribution is 7.92. The number of nitrogens with zero attached hydrogens (tertiary/aromatic N) is 2. The number of hydrogen-bond donors (Lipinski definition) is 1. The highest BCUT2D eigenvalue weighted by Crippen LogP contribution is 2.29. The summed E-state index contributed by atoms with van der Waals surface area (Å²) in [5.74, 6) is -1.61. The van der Waals surface area contributed by atoms with Crippen molar-refractivity contribution in [3.8, 4) is 0 Å². The number of halogens is 2. The first-order chi connectivity index (χ1) is 22.1. The smallest absolute Gasteiger partial charge is 0.264 e. The predicted molar refractivity (Wildman–Crippen MR) is 178 cm³/mol. The maximum atomic E-state index is 14.6. The molecular formula is C36H37ClFN3O4S. The molecule has 4 aromatic rings. The van der Waals surface area contributed by atoms with Crippen LogP contribution in [0, 0.1) is 12.7 Å². The lowest BCUT2D eigenvalue weighted by Gasteiger charge is -2.34. The van der Waals surface area contributed by atoms with Crippen LogP contribution in [0.5, 0.6) is 0 Å². The second-order valence-corrected chi connectivity index (χ2v) is 13.9. The number of carbonyl (C=O) groups is 2. The summed E-state index contributed by atoms with van der Waals surface area (Å²) in [6.45, 7) is 1.36. The van der Waals surface area contributed by atoms with Crippen LogP contribution in [0.25, 0.3) is 0 Å². The minimum atomic E-state index is -4.31. The van der Waals surface area contributed by atoms with Gasteiger partial charge in [0, 0.05) is 19.0 Å². The highest BCUT2D eigenvalue weighted by atomic mass is 35.5. The molecule has 1 aliphatic carbocycles. The van der Waals surface area contributed by atoms with Gasteiger partial charge < -0.3 is 10.2 Å². The molecule has 4 aromatic carbocycles. The average molecular weight is 662 g/mol. The van der Waals surface area contributed by atoms with E-state index in [1.54, 1.807) is 18.2 Å². The molecule has 1 aliphatic rings. The number of nitrogens with one attached hydrogen (secondary N) is 1. The van der Waals surface area contributed by atoms with E-state index in [1.165, 1.54) is 29.2 Å². The van der Waals surface area contributed by atoms with Gasteiger partial charge >= 0.3 is 0 Å². The van der Waals surface area contributed by atoms with Crippen LogP contribution in [-0.2, 0) is 32.6 Å². The van der Waals surface area contributed by atoms with E-state index in [1.807, 2.05) is 61.5 Å². The number of benzene rings is 4. The van der Waals surface area contributed by atoms with Gasteiger partial charge in [0.05, 0.1) is 15.6 Å². The van der Waals surface area contributed by atoms with E-state index < -0.39 is 34.3 Å². The first-order valence-corrected chi connectivity index (χ1v) is 17.2. The summed E-state index contributed by atoms with van der Waals surface area (Å²) in [6.07, 6.45) is 4.00. The van der Waals surface area contributed by atoms with E-state index in [2.05, 4.69) is 5.32 Å². The summed E-state index contributed by atoms with van der Waals surface area (Å²) in [7, 11) is -4.31. The van der Waals surface area contributed by atoms with Crippen molar-refractivity contribution in [2.75, 3.05) is 10.8 Å². The number of anilines is 1. The summed E-state index contributed by atoms with van der Waals surface area (Å²) in [5.41, 5.74) is 2.65. The van der Waals surface area contributed by atoms with Crippen molar-refractivity contribution in [1.82, 2.24) is 10.2 Å². The van der Waals surface area contributed by atoms with Gasteiger partial charge in [-0.25, -0.2) is 12.8 Å². The summed E-state index contributed by atoms with van der Waals surface area (Å²) >= 11 is 6.09. The third kappa shape index (κ3) is 8.13. The Morgan fingerprint density at radius 1 is 0.891 bits per heavy atom. The molecule has 0 saturated heterocycles. The average Bonchev–Trinajstić information content (AvgIpc) is 3.56. The molecule has 7 nitrogen and oxygen atoms in total. The summed E-state index contributed by atoms with van der Waals surface area (Å²) < 4.78 is 43.2. The van der Waals surface area contributed by atoms with Crippen molar-refractivity contribution in [3.05, 3.63) is 131 Å². The van der Waals surface area contributed by atoms with Gasteiger partial charge in [0.1, 0.15) is 18.4 Å². The third-order valence-electron chi connectivity index (χ3n) is 8.21. The van der Waals surface area contributed by atoms with Gasteiger partial charge in [-0.15, -0.1) is 0 Å². The molecule has 0 radical (unpaired) electrons. The molecule has 0 bridgehead atoms. The molecule has 1 N–H and O–H groups in total. The lowest BCUT2D eigenvalue weighted by molar-refractivity contribution is -0.140. The molecule has 10 heteroatoms. The second-order valence-electron chi connectivity index (χ2n) is 11.6. The first kappa shape index (κ1) is 33.2. The SMILES string of the molecule is Cc1cccc(CN(C(=O)CN(c2ccc(F)c(Cl)c2)S(=O)(=O)c2ccccc2)[C@@H](Cc2ccccc2)C(=O)NC2CCCC2)c1. The maximum Gasteiger partial charge on any atom is 0.264 e. The van der Waals surface area contributed by atoms with Crippen LogP contribution in [0.4, 0.5) is 10.1 Å². The van der Waals surface area contributed by atoms with Gasteiger partial charge in [-0.2, -0.15) is 0 Å². The minimum absolute atomic E-state index is 0.0120. The Labute approximate surface area is 275 Å². The molecule has 1 saturated carbocycles. The summed E-state index contributed by atoms with van der Waals surface area (Å²) in [4.78, 5) is 30.0. The zero-order chi connectivity index (χ0) is 32.7. The monoisotopic (exact) mass is 661 g/mol. The van der Waals surface area contributed by atoms with Crippen LogP contribution >= 0.6 is 11.6 Å². The van der Waals surface area contributed by atoms with E-state index in [0.717, 1.165) is 52.7 Å². The van der Waals surface area contributed by atoms with Crippen molar-refractivity contribution in [3.63, 3.8) is 0 Å². The predicted octanol–water partition coefficient (Wildman–Crippen LogP) is 6.68. The first-order valence-electron chi connectivity index (χ1n) is 15.3. The van der Waals surface area contributed by atoms with Crippen LogP contribution in [0.15, 0.2) is 108 Å². The molecule has 0 heterocycles. The lowest BCUT2D eigenvalue weighted by atomic mass is 10.0. The Kier molecular flexibility index (Phi) is 10.8. The summed E-state index contributed by atoms with van der Waals surface area (Å²) in [6, 6.07) is 27.4. The van der Waals surface area contributed by atoms with E-state index in [4.69, 9.17) is 11.6 Å². The van der Waals surface area contributed by atoms with Gasteiger partial charge in [-0.1, -0.05) is 103 Å². The Balaban J connectivity index is 1.57. The molecule has 46 heavy (non-hydrogen) atoms. The van der Waals surface area contributed by atoms with E-state index in [0.29, 0.717) is 0 Å². The quantitative estimate of drug-likeness (QED) is 0.184. The fourth-order valence-electron chi connectivity index (χ4n) is 5.82. The zero-order valence-electron chi connectivity index (χ0n) is 25.6. The maximum absolute atomic E-state index is 14.6.